The van der Waals surface area contributed by atoms with Gasteiger partial charge in [0.1, 0.15) is 11.6 Å². The molecule has 26 heavy (non-hydrogen) atoms. The number of aromatic amines is 2. The van der Waals surface area contributed by atoms with Gasteiger partial charge >= 0.3 is 0 Å². The predicted molar refractivity (Wildman–Crippen MR) is 107 cm³/mol. The maximum atomic E-state index is 6.03. The van der Waals surface area contributed by atoms with Crippen molar-refractivity contribution in [1.82, 2.24) is 19.9 Å². The summed E-state index contributed by atoms with van der Waals surface area (Å²) in [5.41, 5.74) is 5.63. The quantitative estimate of drug-likeness (QED) is 0.391. The molecule has 0 radical (unpaired) electrons. The highest BCUT2D eigenvalue weighted by atomic mass is 35.5. The lowest BCUT2D eigenvalue weighted by molar-refractivity contribution is 1.32. The number of imidazole rings is 2. The molecule has 0 fully saturated rings. The molecule has 0 atom stereocenters. The molecule has 2 aromatic heterocycles. The van der Waals surface area contributed by atoms with Gasteiger partial charge in [-0.1, -0.05) is 47.5 Å². The van der Waals surface area contributed by atoms with Crippen molar-refractivity contribution in [1.29, 1.82) is 0 Å². The third-order valence-corrected chi connectivity index (χ3v) is 4.79. The average Bonchev–Trinajstić information content (AvgIpc) is 3.25. The SMILES string of the molecule is Clc1ccc2[nH]c(-c3ccc(-c4nc5cc(Cl)ccc5[nH]4)cc3)nc2c1. The van der Waals surface area contributed by atoms with Crippen LogP contribution in [0, 0.1) is 0 Å². The molecule has 0 spiro atoms. The first-order chi connectivity index (χ1) is 12.7. The van der Waals surface area contributed by atoms with Crippen LogP contribution >= 0.6 is 23.2 Å². The highest BCUT2D eigenvalue weighted by molar-refractivity contribution is 6.31. The summed E-state index contributed by atoms with van der Waals surface area (Å²) in [6, 6.07) is 19.4. The van der Waals surface area contributed by atoms with Crippen molar-refractivity contribution in [3.8, 4) is 22.8 Å². The Balaban J connectivity index is 1.52. The molecule has 3 aromatic carbocycles. The fraction of sp³-hybridized carbons (Fsp3) is 0. The smallest absolute Gasteiger partial charge is 0.138 e. The van der Waals surface area contributed by atoms with E-state index in [-0.39, 0.29) is 0 Å². The summed E-state index contributed by atoms with van der Waals surface area (Å²) in [6.07, 6.45) is 0. The molecule has 2 N–H and O–H groups in total. The van der Waals surface area contributed by atoms with Gasteiger partial charge in [0, 0.05) is 21.2 Å². The summed E-state index contributed by atoms with van der Waals surface area (Å²) in [6.45, 7) is 0. The van der Waals surface area contributed by atoms with Gasteiger partial charge in [-0.2, -0.15) is 0 Å². The summed E-state index contributed by atoms with van der Waals surface area (Å²) in [5, 5.41) is 1.35. The van der Waals surface area contributed by atoms with Crippen molar-refractivity contribution >= 4 is 45.3 Å². The van der Waals surface area contributed by atoms with E-state index in [0.717, 1.165) is 44.8 Å². The molecule has 5 aromatic rings. The number of benzene rings is 3. The third kappa shape index (κ3) is 2.64. The van der Waals surface area contributed by atoms with Gasteiger partial charge in [-0.15, -0.1) is 0 Å². The number of hydrogen-bond donors (Lipinski definition) is 2. The number of nitrogens with one attached hydrogen (secondary N) is 2. The Kier molecular flexibility index (Phi) is 3.48. The first-order valence-electron chi connectivity index (χ1n) is 8.07. The van der Waals surface area contributed by atoms with Gasteiger partial charge in [0.2, 0.25) is 0 Å². The Morgan fingerprint density at radius 2 is 1.00 bits per heavy atom. The van der Waals surface area contributed by atoms with Gasteiger partial charge in [0.25, 0.3) is 0 Å². The average molecular weight is 379 g/mol. The minimum Gasteiger partial charge on any atom is -0.338 e. The largest absolute Gasteiger partial charge is 0.338 e. The topological polar surface area (TPSA) is 57.4 Å². The first kappa shape index (κ1) is 15.4. The van der Waals surface area contributed by atoms with Crippen molar-refractivity contribution in [3.63, 3.8) is 0 Å². The number of hydrogen-bond acceptors (Lipinski definition) is 2. The fourth-order valence-corrected chi connectivity index (χ4v) is 3.35. The molecule has 6 heteroatoms. The molecule has 0 unspecified atom stereocenters. The second-order valence-electron chi connectivity index (χ2n) is 6.07. The second kappa shape index (κ2) is 5.87. The molecular formula is C20H12Cl2N4. The molecule has 0 saturated carbocycles. The van der Waals surface area contributed by atoms with Crippen LogP contribution in [-0.4, -0.2) is 19.9 Å². The van der Waals surface area contributed by atoms with Crippen LogP contribution in [0.5, 0.6) is 0 Å². The van der Waals surface area contributed by atoms with Gasteiger partial charge in [0.15, 0.2) is 0 Å². The van der Waals surface area contributed by atoms with Gasteiger partial charge in [-0.25, -0.2) is 9.97 Å². The van der Waals surface area contributed by atoms with E-state index in [4.69, 9.17) is 23.2 Å². The lowest BCUT2D eigenvalue weighted by Crippen LogP contribution is -1.83. The van der Waals surface area contributed by atoms with Gasteiger partial charge < -0.3 is 9.97 Å². The summed E-state index contributed by atoms with van der Waals surface area (Å²) in [5.74, 6) is 1.62. The Morgan fingerprint density at radius 1 is 0.577 bits per heavy atom. The van der Waals surface area contributed by atoms with Crippen LogP contribution in [0.2, 0.25) is 10.0 Å². The van der Waals surface area contributed by atoms with Crippen LogP contribution in [0.4, 0.5) is 0 Å². The van der Waals surface area contributed by atoms with Crippen LogP contribution in [0.3, 0.4) is 0 Å². The minimum atomic E-state index is 0.677. The summed E-state index contributed by atoms with van der Waals surface area (Å²) in [7, 11) is 0. The van der Waals surface area contributed by atoms with E-state index in [2.05, 4.69) is 19.9 Å². The van der Waals surface area contributed by atoms with Gasteiger partial charge in [0.05, 0.1) is 22.1 Å². The Bertz CT molecular complexity index is 1150. The van der Waals surface area contributed by atoms with Crippen molar-refractivity contribution < 1.29 is 0 Å². The van der Waals surface area contributed by atoms with E-state index >= 15 is 0 Å². The second-order valence-corrected chi connectivity index (χ2v) is 6.94. The zero-order valence-electron chi connectivity index (χ0n) is 13.4. The Hall–Kier alpha value is -2.82. The predicted octanol–water partition coefficient (Wildman–Crippen LogP) is 6.08. The Labute approximate surface area is 158 Å². The number of nitrogens with zero attached hydrogens (tertiary/aromatic N) is 2. The minimum absolute atomic E-state index is 0.677. The highest BCUT2D eigenvalue weighted by Crippen LogP contribution is 2.27. The standard InChI is InChI=1S/C20H12Cl2N4/c21-13-5-7-15-17(9-13)25-19(23-15)11-1-2-12(4-3-11)20-24-16-8-6-14(22)10-18(16)26-20/h1-10H,(H,23,25)(H,24,26). The number of halogens is 2. The summed E-state index contributed by atoms with van der Waals surface area (Å²) < 4.78 is 0. The molecule has 0 aliphatic carbocycles. The number of fused-ring (bicyclic) bond motifs is 2. The van der Waals surface area contributed by atoms with Crippen molar-refractivity contribution in [3.05, 3.63) is 70.7 Å². The number of rotatable bonds is 2. The zero-order chi connectivity index (χ0) is 17.7. The molecule has 0 aliphatic rings. The van der Waals surface area contributed by atoms with E-state index in [1.54, 1.807) is 0 Å². The maximum absolute atomic E-state index is 6.03. The van der Waals surface area contributed by atoms with E-state index in [1.807, 2.05) is 60.7 Å². The fourth-order valence-electron chi connectivity index (χ4n) is 3.02. The molecule has 5 rings (SSSR count). The Morgan fingerprint density at radius 3 is 1.42 bits per heavy atom. The molecule has 4 nitrogen and oxygen atoms in total. The summed E-state index contributed by atoms with van der Waals surface area (Å²) in [4.78, 5) is 15.9. The lowest BCUT2D eigenvalue weighted by atomic mass is 10.1. The zero-order valence-corrected chi connectivity index (χ0v) is 14.9. The normalized spacial score (nSPS) is 11.5. The van der Waals surface area contributed by atoms with Gasteiger partial charge in [-0.3, -0.25) is 0 Å². The van der Waals surface area contributed by atoms with Crippen LogP contribution in [0.1, 0.15) is 0 Å². The summed E-state index contributed by atoms with van der Waals surface area (Å²) >= 11 is 12.1. The van der Waals surface area contributed by atoms with Crippen LogP contribution in [0.25, 0.3) is 44.8 Å². The van der Waals surface area contributed by atoms with E-state index in [9.17, 15) is 0 Å². The number of aromatic nitrogens is 4. The van der Waals surface area contributed by atoms with E-state index in [0.29, 0.717) is 10.0 Å². The maximum Gasteiger partial charge on any atom is 0.138 e. The molecular weight excluding hydrogens is 367 g/mol. The van der Waals surface area contributed by atoms with Crippen molar-refractivity contribution in [2.45, 2.75) is 0 Å². The monoisotopic (exact) mass is 378 g/mol. The van der Waals surface area contributed by atoms with Crippen LogP contribution in [0.15, 0.2) is 60.7 Å². The molecule has 0 bridgehead atoms. The van der Waals surface area contributed by atoms with Crippen LogP contribution < -0.4 is 0 Å². The molecule has 126 valence electrons. The first-order valence-corrected chi connectivity index (χ1v) is 8.83. The third-order valence-electron chi connectivity index (χ3n) is 4.32. The highest BCUT2D eigenvalue weighted by Gasteiger charge is 2.09. The van der Waals surface area contributed by atoms with Crippen molar-refractivity contribution in [2.75, 3.05) is 0 Å². The van der Waals surface area contributed by atoms with Crippen molar-refractivity contribution in [2.24, 2.45) is 0 Å². The molecule has 0 amide bonds. The van der Waals surface area contributed by atoms with Gasteiger partial charge in [-0.05, 0) is 36.4 Å². The van der Waals surface area contributed by atoms with E-state index < -0.39 is 0 Å². The molecule has 2 heterocycles. The number of H-pyrrole nitrogens is 2. The lowest BCUT2D eigenvalue weighted by Gasteiger charge is -1.99. The van der Waals surface area contributed by atoms with Crippen LogP contribution in [-0.2, 0) is 0 Å². The molecule has 0 saturated heterocycles. The van der Waals surface area contributed by atoms with E-state index in [1.165, 1.54) is 0 Å². The molecule has 0 aliphatic heterocycles.